The molecule has 3 atom stereocenters. The predicted octanol–water partition coefficient (Wildman–Crippen LogP) is 0.706. The van der Waals surface area contributed by atoms with Crippen molar-refractivity contribution in [1.82, 2.24) is 9.97 Å². The Morgan fingerprint density at radius 2 is 2.29 bits per heavy atom. The fraction of sp³-hybridized carbons (Fsp3) is 0.500. The molecule has 4 rings (SSSR count). The monoisotopic (exact) mass is 187 g/mol. The highest BCUT2D eigenvalue weighted by molar-refractivity contribution is 6.06. The van der Waals surface area contributed by atoms with E-state index in [1.165, 1.54) is 6.42 Å². The van der Waals surface area contributed by atoms with Crippen LogP contribution in [0.15, 0.2) is 12.4 Å². The maximum Gasteiger partial charge on any atom is 0.238 e. The van der Waals surface area contributed by atoms with E-state index >= 15 is 0 Å². The van der Waals surface area contributed by atoms with E-state index in [-0.39, 0.29) is 11.3 Å². The average Bonchev–Trinajstić information content (AvgIpc) is 2.73. The van der Waals surface area contributed by atoms with Crippen LogP contribution in [-0.4, -0.2) is 15.9 Å². The minimum Gasteiger partial charge on any atom is -0.308 e. The molecule has 14 heavy (non-hydrogen) atoms. The van der Waals surface area contributed by atoms with Crippen molar-refractivity contribution in [2.75, 3.05) is 5.32 Å². The number of rotatable bonds is 0. The zero-order chi connectivity index (χ0) is 9.34. The average molecular weight is 187 g/mol. The summed E-state index contributed by atoms with van der Waals surface area (Å²) in [5, 5.41) is 2.83. The molecule has 0 radical (unpaired) electrons. The number of hydrogen-bond donors (Lipinski definition) is 1. The third-order valence-corrected chi connectivity index (χ3v) is 3.90. The number of fused-ring (bicyclic) bond motifs is 4. The molecule has 70 valence electrons. The van der Waals surface area contributed by atoms with Crippen LogP contribution >= 0.6 is 0 Å². The summed E-state index contributed by atoms with van der Waals surface area (Å²) >= 11 is 0. The van der Waals surface area contributed by atoms with Gasteiger partial charge in [0.25, 0.3) is 0 Å². The van der Waals surface area contributed by atoms with Gasteiger partial charge in [-0.15, -0.1) is 0 Å². The van der Waals surface area contributed by atoms with Crippen LogP contribution in [0.5, 0.6) is 0 Å². The van der Waals surface area contributed by atoms with Gasteiger partial charge in [-0.05, 0) is 24.7 Å². The van der Waals surface area contributed by atoms with Crippen LogP contribution in [-0.2, 0) is 10.2 Å². The second kappa shape index (κ2) is 1.82. The summed E-state index contributed by atoms with van der Waals surface area (Å²) in [6, 6.07) is 0. The molecule has 2 heterocycles. The third-order valence-electron chi connectivity index (χ3n) is 3.90. The summed E-state index contributed by atoms with van der Waals surface area (Å²) in [7, 11) is 0. The van der Waals surface area contributed by atoms with Crippen molar-refractivity contribution in [3.8, 4) is 0 Å². The Kier molecular flexibility index (Phi) is 0.902. The molecule has 2 saturated carbocycles. The number of amides is 1. The van der Waals surface area contributed by atoms with Crippen molar-refractivity contribution in [2.45, 2.75) is 18.3 Å². The lowest BCUT2D eigenvalue weighted by molar-refractivity contribution is -0.124. The molecule has 3 unspecified atom stereocenters. The van der Waals surface area contributed by atoms with Gasteiger partial charge in [-0.3, -0.25) is 9.78 Å². The van der Waals surface area contributed by atoms with Crippen LogP contribution in [0.25, 0.3) is 0 Å². The van der Waals surface area contributed by atoms with Gasteiger partial charge in [0.2, 0.25) is 5.91 Å². The number of anilines is 1. The van der Waals surface area contributed by atoms with Gasteiger partial charge < -0.3 is 5.32 Å². The Morgan fingerprint density at radius 1 is 1.43 bits per heavy atom. The molecule has 1 aromatic rings. The van der Waals surface area contributed by atoms with E-state index in [0.29, 0.717) is 11.7 Å². The van der Waals surface area contributed by atoms with Gasteiger partial charge in [-0.25, -0.2) is 4.98 Å². The van der Waals surface area contributed by atoms with Gasteiger partial charge in [0.1, 0.15) is 0 Å². The van der Waals surface area contributed by atoms with Crippen molar-refractivity contribution in [2.24, 2.45) is 11.8 Å². The molecule has 0 bridgehead atoms. The first kappa shape index (κ1) is 6.92. The quantitative estimate of drug-likeness (QED) is 0.650. The molecule has 3 aliphatic rings. The number of hydrogen-bond acceptors (Lipinski definition) is 3. The Balaban J connectivity index is 1.96. The highest BCUT2D eigenvalue weighted by atomic mass is 16.2. The molecule has 2 fully saturated rings. The molecule has 1 aliphatic heterocycles. The minimum absolute atomic E-state index is 0.123. The first-order valence-electron chi connectivity index (χ1n) is 4.95. The van der Waals surface area contributed by atoms with Gasteiger partial charge in [0, 0.05) is 12.4 Å². The maximum absolute atomic E-state index is 11.9. The van der Waals surface area contributed by atoms with Crippen molar-refractivity contribution < 1.29 is 4.79 Å². The highest BCUT2D eigenvalue weighted by Crippen LogP contribution is 2.69. The van der Waals surface area contributed by atoms with Crippen LogP contribution in [0.4, 0.5) is 5.82 Å². The summed E-state index contributed by atoms with van der Waals surface area (Å²) in [6.07, 6.45) is 5.48. The summed E-state index contributed by atoms with van der Waals surface area (Å²) in [5.41, 5.74) is 0.609. The first-order valence-corrected chi connectivity index (χ1v) is 4.95. The molecular formula is C10H9N3O. The highest BCUT2D eigenvalue weighted by Gasteiger charge is 2.71. The smallest absolute Gasteiger partial charge is 0.238 e. The zero-order valence-electron chi connectivity index (χ0n) is 7.53. The lowest BCUT2D eigenvalue weighted by atomic mass is 9.67. The molecule has 1 spiro atoms. The van der Waals surface area contributed by atoms with Gasteiger partial charge in [0.05, 0.1) is 11.1 Å². The van der Waals surface area contributed by atoms with Crippen LogP contribution in [0.3, 0.4) is 0 Å². The summed E-state index contributed by atoms with van der Waals surface area (Å²) < 4.78 is 0. The van der Waals surface area contributed by atoms with Crippen LogP contribution in [0.2, 0.25) is 0 Å². The first-order chi connectivity index (χ1) is 6.82. The van der Waals surface area contributed by atoms with Gasteiger partial charge in [0.15, 0.2) is 5.82 Å². The van der Waals surface area contributed by atoms with E-state index < -0.39 is 0 Å². The van der Waals surface area contributed by atoms with E-state index in [2.05, 4.69) is 15.3 Å². The number of carbonyl (C=O) groups excluding carboxylic acids is 1. The molecule has 4 nitrogen and oxygen atoms in total. The Morgan fingerprint density at radius 3 is 3.00 bits per heavy atom. The lowest BCUT2D eigenvalue weighted by Crippen LogP contribution is -2.44. The molecule has 1 N–H and O–H groups in total. The minimum atomic E-state index is -0.283. The number of nitrogens with one attached hydrogen (secondary N) is 1. The fourth-order valence-corrected chi connectivity index (χ4v) is 3.10. The van der Waals surface area contributed by atoms with E-state index in [1.807, 2.05) is 0 Å². The van der Waals surface area contributed by atoms with Gasteiger partial charge >= 0.3 is 0 Å². The van der Waals surface area contributed by atoms with Crippen LogP contribution < -0.4 is 5.32 Å². The van der Waals surface area contributed by atoms with Crippen molar-refractivity contribution in [3.05, 3.63) is 18.1 Å². The summed E-state index contributed by atoms with van der Waals surface area (Å²) in [6.45, 7) is 0. The van der Waals surface area contributed by atoms with E-state index in [0.717, 1.165) is 18.0 Å². The van der Waals surface area contributed by atoms with Crippen molar-refractivity contribution in [1.29, 1.82) is 0 Å². The Hall–Kier alpha value is -1.45. The molecule has 2 aliphatic carbocycles. The standard InChI is InChI=1S/C10H9N3O/c14-9-10(4-5-3-6(5)10)7-8(13-9)12-2-1-11-7/h1-2,5-6H,3-4H2,(H,12,13,14). The van der Waals surface area contributed by atoms with E-state index in [9.17, 15) is 4.79 Å². The Labute approximate surface area is 80.8 Å². The molecular weight excluding hydrogens is 178 g/mol. The number of nitrogens with zero attached hydrogens (tertiary/aromatic N) is 2. The van der Waals surface area contributed by atoms with Crippen LogP contribution in [0.1, 0.15) is 18.5 Å². The van der Waals surface area contributed by atoms with Gasteiger partial charge in [-0.2, -0.15) is 0 Å². The SMILES string of the molecule is O=C1Nc2nccnc2C12CC1CC12. The summed E-state index contributed by atoms with van der Waals surface area (Å²) in [4.78, 5) is 20.3. The molecule has 1 amide bonds. The zero-order valence-corrected chi connectivity index (χ0v) is 7.53. The second-order valence-corrected chi connectivity index (χ2v) is 4.49. The third kappa shape index (κ3) is 0.531. The molecule has 0 aromatic carbocycles. The van der Waals surface area contributed by atoms with Crippen molar-refractivity contribution >= 4 is 11.7 Å². The molecule has 0 saturated heterocycles. The Bertz CT molecular complexity index is 458. The van der Waals surface area contributed by atoms with E-state index in [4.69, 9.17) is 0 Å². The normalized spacial score (nSPS) is 41.3. The molecule has 4 heteroatoms. The number of carbonyl (C=O) groups is 1. The van der Waals surface area contributed by atoms with Crippen LogP contribution in [0, 0.1) is 11.8 Å². The van der Waals surface area contributed by atoms with Crippen molar-refractivity contribution in [3.63, 3.8) is 0 Å². The topological polar surface area (TPSA) is 54.9 Å². The second-order valence-electron chi connectivity index (χ2n) is 4.49. The summed E-state index contributed by atoms with van der Waals surface area (Å²) in [5.74, 6) is 2.15. The lowest BCUT2D eigenvalue weighted by Gasteiger charge is -2.34. The maximum atomic E-state index is 11.9. The van der Waals surface area contributed by atoms with E-state index in [1.54, 1.807) is 12.4 Å². The number of aromatic nitrogens is 2. The predicted molar refractivity (Wildman–Crippen MR) is 48.6 cm³/mol. The van der Waals surface area contributed by atoms with Gasteiger partial charge in [-0.1, -0.05) is 0 Å². The molecule has 1 aromatic heterocycles. The largest absolute Gasteiger partial charge is 0.308 e. The fourth-order valence-electron chi connectivity index (χ4n) is 3.10.